The third-order valence-corrected chi connectivity index (χ3v) is 5.77. The van der Waals surface area contributed by atoms with Crippen LogP contribution >= 0.6 is 11.3 Å². The lowest BCUT2D eigenvalue weighted by molar-refractivity contribution is 0.0736. The van der Waals surface area contributed by atoms with Crippen LogP contribution in [0.3, 0.4) is 0 Å². The highest BCUT2D eigenvalue weighted by molar-refractivity contribution is 7.14. The van der Waals surface area contributed by atoms with Crippen molar-refractivity contribution >= 4 is 23.2 Å². The molecule has 0 aliphatic carbocycles. The molecule has 26 heavy (non-hydrogen) atoms. The number of carbonyl (C=O) groups excluding carboxylic acids is 2. The van der Waals surface area contributed by atoms with Crippen LogP contribution in [-0.4, -0.2) is 40.5 Å². The first-order chi connectivity index (χ1) is 12.7. The fraction of sp³-hybridized carbons (Fsp3) is 0.211. The van der Waals surface area contributed by atoms with E-state index >= 15 is 0 Å². The fourth-order valence-corrected chi connectivity index (χ4v) is 4.29. The van der Waals surface area contributed by atoms with Gasteiger partial charge in [-0.25, -0.2) is 0 Å². The SMILES string of the molecule is CNC(=O)c1cc2c(s1)CCN(C(=O)c1cn[nH]c1-c1ccccc1)C2. The summed E-state index contributed by atoms with van der Waals surface area (Å²) in [6.07, 6.45) is 2.35. The Labute approximate surface area is 154 Å². The summed E-state index contributed by atoms with van der Waals surface area (Å²) in [7, 11) is 1.63. The van der Waals surface area contributed by atoms with Crippen molar-refractivity contribution in [1.29, 1.82) is 0 Å². The van der Waals surface area contributed by atoms with Gasteiger partial charge in [0.15, 0.2) is 0 Å². The van der Waals surface area contributed by atoms with Gasteiger partial charge in [0.25, 0.3) is 11.8 Å². The van der Waals surface area contributed by atoms with E-state index in [4.69, 9.17) is 0 Å². The standard InChI is InChI=1S/C19H18N4O2S/c1-20-18(24)16-9-13-11-23(8-7-15(13)26-16)19(25)14-10-21-22-17(14)12-5-3-2-4-6-12/h2-6,9-10H,7-8,11H2,1H3,(H,20,24)(H,21,22). The first kappa shape index (κ1) is 16.5. The third-order valence-electron chi connectivity index (χ3n) is 4.54. The minimum Gasteiger partial charge on any atom is -0.354 e. The van der Waals surface area contributed by atoms with Crippen LogP contribution < -0.4 is 5.32 Å². The molecule has 6 nitrogen and oxygen atoms in total. The van der Waals surface area contributed by atoms with Gasteiger partial charge in [-0.15, -0.1) is 11.3 Å². The van der Waals surface area contributed by atoms with Crippen LogP contribution in [0, 0.1) is 0 Å². The number of benzene rings is 1. The summed E-state index contributed by atoms with van der Waals surface area (Å²) in [5.74, 6) is -0.126. The number of amides is 2. The van der Waals surface area contributed by atoms with Gasteiger partial charge in [0.2, 0.25) is 0 Å². The average Bonchev–Trinajstić information content (AvgIpc) is 3.33. The van der Waals surface area contributed by atoms with Crippen molar-refractivity contribution in [3.8, 4) is 11.3 Å². The number of rotatable bonds is 3. The number of hydrogen-bond donors (Lipinski definition) is 2. The van der Waals surface area contributed by atoms with Crippen molar-refractivity contribution < 1.29 is 9.59 Å². The second-order valence-corrected chi connectivity index (χ2v) is 7.28. The highest BCUT2D eigenvalue weighted by Crippen LogP contribution is 2.30. The van der Waals surface area contributed by atoms with Crippen LogP contribution in [0.5, 0.6) is 0 Å². The maximum absolute atomic E-state index is 13.1. The van der Waals surface area contributed by atoms with Crippen LogP contribution in [0.2, 0.25) is 0 Å². The van der Waals surface area contributed by atoms with Gasteiger partial charge in [-0.1, -0.05) is 30.3 Å². The number of H-pyrrole nitrogens is 1. The number of aromatic amines is 1. The van der Waals surface area contributed by atoms with E-state index in [9.17, 15) is 9.59 Å². The molecule has 2 amide bonds. The van der Waals surface area contributed by atoms with E-state index < -0.39 is 0 Å². The molecule has 7 heteroatoms. The molecule has 4 rings (SSSR count). The van der Waals surface area contributed by atoms with Gasteiger partial charge >= 0.3 is 0 Å². The van der Waals surface area contributed by atoms with Crippen LogP contribution in [0.25, 0.3) is 11.3 Å². The van der Waals surface area contributed by atoms with Crippen LogP contribution in [0.15, 0.2) is 42.6 Å². The Bertz CT molecular complexity index is 961. The number of fused-ring (bicyclic) bond motifs is 1. The lowest BCUT2D eigenvalue weighted by Gasteiger charge is -2.26. The predicted molar refractivity (Wildman–Crippen MR) is 100 cm³/mol. The number of nitrogens with one attached hydrogen (secondary N) is 2. The Balaban J connectivity index is 1.58. The summed E-state index contributed by atoms with van der Waals surface area (Å²) < 4.78 is 0. The van der Waals surface area contributed by atoms with Crippen molar-refractivity contribution in [3.05, 3.63) is 63.5 Å². The largest absolute Gasteiger partial charge is 0.354 e. The Morgan fingerprint density at radius 2 is 2.08 bits per heavy atom. The van der Waals surface area contributed by atoms with Gasteiger partial charge in [0, 0.05) is 30.6 Å². The first-order valence-electron chi connectivity index (χ1n) is 8.39. The first-order valence-corrected chi connectivity index (χ1v) is 9.20. The van der Waals surface area contributed by atoms with E-state index in [1.807, 2.05) is 41.3 Å². The predicted octanol–water partition coefficient (Wildman–Crippen LogP) is 2.70. The number of aromatic nitrogens is 2. The lowest BCUT2D eigenvalue weighted by Crippen LogP contribution is -2.35. The zero-order valence-corrected chi connectivity index (χ0v) is 15.1. The summed E-state index contributed by atoms with van der Waals surface area (Å²) in [6.45, 7) is 1.15. The molecule has 0 unspecified atom stereocenters. The zero-order chi connectivity index (χ0) is 18.1. The van der Waals surface area contributed by atoms with Crippen LogP contribution in [0.4, 0.5) is 0 Å². The molecule has 1 aliphatic rings. The highest BCUT2D eigenvalue weighted by atomic mass is 32.1. The number of nitrogens with zero attached hydrogens (tertiary/aromatic N) is 2. The maximum Gasteiger partial charge on any atom is 0.261 e. The van der Waals surface area contributed by atoms with Gasteiger partial charge in [-0.3, -0.25) is 14.7 Å². The van der Waals surface area contributed by atoms with E-state index in [0.717, 1.165) is 23.2 Å². The molecule has 3 aromatic rings. The third kappa shape index (κ3) is 2.90. The molecule has 0 saturated carbocycles. The molecule has 1 aromatic carbocycles. The molecule has 0 saturated heterocycles. The van der Waals surface area contributed by atoms with E-state index in [2.05, 4.69) is 15.5 Å². The van der Waals surface area contributed by atoms with Crippen molar-refractivity contribution in [2.24, 2.45) is 0 Å². The molecule has 0 spiro atoms. The fourth-order valence-electron chi connectivity index (χ4n) is 3.19. The zero-order valence-electron chi connectivity index (χ0n) is 14.3. The molecule has 3 heterocycles. The normalized spacial score (nSPS) is 13.3. The Kier molecular flexibility index (Phi) is 4.30. The molecule has 0 bridgehead atoms. The van der Waals surface area contributed by atoms with Crippen molar-refractivity contribution in [3.63, 3.8) is 0 Å². The summed E-state index contributed by atoms with van der Waals surface area (Å²) >= 11 is 1.51. The lowest BCUT2D eigenvalue weighted by atomic mass is 10.0. The van der Waals surface area contributed by atoms with Crippen LogP contribution in [0.1, 0.15) is 30.5 Å². The van der Waals surface area contributed by atoms with Gasteiger partial charge in [-0.2, -0.15) is 5.10 Å². The molecule has 2 N–H and O–H groups in total. The Morgan fingerprint density at radius 1 is 1.27 bits per heavy atom. The Morgan fingerprint density at radius 3 is 2.85 bits per heavy atom. The molecule has 132 valence electrons. The second-order valence-electron chi connectivity index (χ2n) is 6.14. The molecule has 0 atom stereocenters. The summed E-state index contributed by atoms with van der Waals surface area (Å²) in [5, 5.41) is 9.66. The summed E-state index contributed by atoms with van der Waals surface area (Å²) in [5.41, 5.74) is 3.29. The highest BCUT2D eigenvalue weighted by Gasteiger charge is 2.27. The quantitative estimate of drug-likeness (QED) is 0.748. The maximum atomic E-state index is 13.1. The number of carbonyl (C=O) groups is 2. The minimum atomic E-state index is -0.0801. The molecule has 2 aromatic heterocycles. The molecular weight excluding hydrogens is 348 g/mol. The number of hydrogen-bond acceptors (Lipinski definition) is 4. The monoisotopic (exact) mass is 366 g/mol. The van der Waals surface area contributed by atoms with Gasteiger partial charge in [0.1, 0.15) is 0 Å². The average molecular weight is 366 g/mol. The molecule has 0 radical (unpaired) electrons. The van der Waals surface area contributed by atoms with Crippen molar-refractivity contribution in [1.82, 2.24) is 20.4 Å². The Hall–Kier alpha value is -2.93. The van der Waals surface area contributed by atoms with Crippen molar-refractivity contribution in [2.75, 3.05) is 13.6 Å². The second kappa shape index (κ2) is 6.76. The van der Waals surface area contributed by atoms with Gasteiger partial charge in [0.05, 0.1) is 22.3 Å². The van der Waals surface area contributed by atoms with E-state index in [1.54, 1.807) is 13.2 Å². The van der Waals surface area contributed by atoms with E-state index in [-0.39, 0.29) is 11.8 Å². The topological polar surface area (TPSA) is 78.1 Å². The van der Waals surface area contributed by atoms with Gasteiger partial charge < -0.3 is 10.2 Å². The van der Waals surface area contributed by atoms with Crippen molar-refractivity contribution in [2.45, 2.75) is 13.0 Å². The van der Waals surface area contributed by atoms with E-state index in [0.29, 0.717) is 23.5 Å². The minimum absolute atomic E-state index is 0.0454. The summed E-state index contributed by atoms with van der Waals surface area (Å²) in [4.78, 5) is 28.6. The van der Waals surface area contributed by atoms with Gasteiger partial charge in [-0.05, 0) is 18.1 Å². The molecular formula is C19H18N4O2S. The van der Waals surface area contributed by atoms with Crippen LogP contribution in [-0.2, 0) is 13.0 Å². The summed E-state index contributed by atoms with van der Waals surface area (Å²) in [6, 6.07) is 11.6. The molecule has 1 aliphatic heterocycles. The molecule has 0 fully saturated rings. The number of thiophene rings is 1. The van der Waals surface area contributed by atoms with E-state index in [1.165, 1.54) is 16.2 Å². The smallest absolute Gasteiger partial charge is 0.261 e.